The van der Waals surface area contributed by atoms with Crippen molar-refractivity contribution >= 4 is 34.1 Å². The van der Waals surface area contributed by atoms with E-state index >= 15 is 0 Å². The van der Waals surface area contributed by atoms with Gasteiger partial charge in [0.15, 0.2) is 0 Å². The van der Waals surface area contributed by atoms with Gasteiger partial charge < -0.3 is 15.5 Å². The lowest BCUT2D eigenvalue weighted by atomic mass is 10.1. The van der Waals surface area contributed by atoms with E-state index in [0.717, 1.165) is 49.1 Å². The topological polar surface area (TPSA) is 62.5 Å². The third kappa shape index (κ3) is 5.40. The van der Waals surface area contributed by atoms with Crippen LogP contribution in [-0.2, 0) is 4.79 Å². The Balaban J connectivity index is 2.28. The predicted octanol–water partition coefficient (Wildman–Crippen LogP) is 3.69. The molecule has 0 aliphatic heterocycles. The second-order valence-electron chi connectivity index (χ2n) is 6.31. The molecule has 0 radical (unpaired) electrons. The van der Waals surface area contributed by atoms with Gasteiger partial charge in [0.25, 0.3) is 0 Å². The van der Waals surface area contributed by atoms with Crippen molar-refractivity contribution < 1.29 is 4.79 Å². The molecule has 26 heavy (non-hydrogen) atoms. The van der Waals surface area contributed by atoms with E-state index in [1.165, 1.54) is 0 Å². The molecule has 1 aromatic heterocycles. The van der Waals surface area contributed by atoms with Crippen molar-refractivity contribution in [2.75, 3.05) is 37.6 Å². The number of hydrogen-bond acceptors (Lipinski definition) is 4. The lowest BCUT2D eigenvalue weighted by Gasteiger charge is -2.26. The highest BCUT2D eigenvalue weighted by Gasteiger charge is 2.18. The summed E-state index contributed by atoms with van der Waals surface area (Å²) in [6.45, 7) is 8.21. The Morgan fingerprint density at radius 1 is 1.15 bits per heavy atom. The van der Waals surface area contributed by atoms with Crippen LogP contribution in [0.2, 0.25) is 5.02 Å². The van der Waals surface area contributed by atoms with E-state index in [1.54, 1.807) is 6.20 Å². The van der Waals surface area contributed by atoms with Crippen LogP contribution in [0.15, 0.2) is 30.5 Å². The molecule has 0 saturated carbocycles. The summed E-state index contributed by atoms with van der Waals surface area (Å²) in [5, 5.41) is 1.59. The molecule has 0 saturated heterocycles. The van der Waals surface area contributed by atoms with Gasteiger partial charge in [-0.05, 0) is 56.7 Å². The van der Waals surface area contributed by atoms with Gasteiger partial charge in [0.05, 0.1) is 11.2 Å². The second kappa shape index (κ2) is 10.5. The van der Waals surface area contributed by atoms with Gasteiger partial charge in [0.2, 0.25) is 5.91 Å². The van der Waals surface area contributed by atoms with Crippen LogP contribution in [-0.4, -0.2) is 48.5 Å². The van der Waals surface area contributed by atoms with E-state index < -0.39 is 0 Å². The number of nitrogens with zero attached hydrogens (tertiary/aromatic N) is 3. The zero-order chi connectivity index (χ0) is 18.9. The molecule has 0 unspecified atom stereocenters. The number of aromatic nitrogens is 1. The highest BCUT2D eigenvalue weighted by Crippen LogP contribution is 2.28. The predicted molar refractivity (Wildman–Crippen MR) is 110 cm³/mol. The van der Waals surface area contributed by atoms with Crippen molar-refractivity contribution in [3.05, 3.63) is 35.5 Å². The van der Waals surface area contributed by atoms with Crippen molar-refractivity contribution in [1.82, 2.24) is 9.88 Å². The summed E-state index contributed by atoms with van der Waals surface area (Å²) in [7, 11) is 0. The van der Waals surface area contributed by atoms with Crippen LogP contribution in [0.4, 0.5) is 5.69 Å². The van der Waals surface area contributed by atoms with Crippen molar-refractivity contribution in [3.8, 4) is 0 Å². The minimum absolute atomic E-state index is 0.136. The maximum Gasteiger partial charge on any atom is 0.228 e. The van der Waals surface area contributed by atoms with Gasteiger partial charge >= 0.3 is 0 Å². The first kappa shape index (κ1) is 20.6. The van der Waals surface area contributed by atoms with Crippen LogP contribution in [0, 0.1) is 0 Å². The van der Waals surface area contributed by atoms with Crippen molar-refractivity contribution in [2.24, 2.45) is 5.73 Å². The normalized spacial score (nSPS) is 11.3. The molecule has 0 spiro atoms. The third-order valence-electron chi connectivity index (χ3n) is 4.65. The molecule has 2 rings (SSSR count). The highest BCUT2D eigenvalue weighted by atomic mass is 35.5. The fourth-order valence-corrected chi connectivity index (χ4v) is 3.23. The van der Waals surface area contributed by atoms with Crippen LogP contribution in [0.25, 0.3) is 10.9 Å². The number of carbonyl (C=O) groups is 1. The molecular weight excluding hydrogens is 348 g/mol. The van der Waals surface area contributed by atoms with E-state index in [4.69, 9.17) is 17.3 Å². The monoisotopic (exact) mass is 376 g/mol. The molecule has 5 nitrogen and oxygen atoms in total. The summed E-state index contributed by atoms with van der Waals surface area (Å²) in [6.07, 6.45) is 4.02. The molecule has 2 aromatic rings. The van der Waals surface area contributed by atoms with Gasteiger partial charge in [-0.25, -0.2) is 0 Å². The summed E-state index contributed by atoms with van der Waals surface area (Å²) in [4.78, 5) is 21.5. The third-order valence-corrected chi connectivity index (χ3v) is 4.88. The number of carbonyl (C=O) groups excluding carboxylic acids is 1. The summed E-state index contributed by atoms with van der Waals surface area (Å²) in [6, 6.07) is 7.52. The number of rotatable bonds is 10. The summed E-state index contributed by atoms with van der Waals surface area (Å²) >= 11 is 6.09. The molecule has 1 aromatic carbocycles. The average molecular weight is 377 g/mol. The smallest absolute Gasteiger partial charge is 0.228 e. The molecule has 1 heterocycles. The first-order valence-corrected chi connectivity index (χ1v) is 9.75. The molecule has 0 aliphatic rings. The number of anilines is 1. The van der Waals surface area contributed by atoms with Crippen molar-refractivity contribution in [3.63, 3.8) is 0 Å². The number of pyridine rings is 1. The van der Waals surface area contributed by atoms with Gasteiger partial charge in [-0.1, -0.05) is 25.4 Å². The highest BCUT2D eigenvalue weighted by molar-refractivity contribution is 6.31. The van der Waals surface area contributed by atoms with E-state index in [-0.39, 0.29) is 5.91 Å². The lowest BCUT2D eigenvalue weighted by Crippen LogP contribution is -2.35. The molecule has 6 heteroatoms. The molecule has 0 aliphatic carbocycles. The zero-order valence-electron chi connectivity index (χ0n) is 15.7. The molecule has 0 atom stereocenters. The fourth-order valence-electron chi connectivity index (χ4n) is 3.06. The maximum absolute atomic E-state index is 13.0. The Labute approximate surface area is 161 Å². The Kier molecular flexibility index (Phi) is 8.29. The number of benzene rings is 1. The Hall–Kier alpha value is -1.69. The number of halogens is 1. The van der Waals surface area contributed by atoms with E-state index in [2.05, 4.69) is 23.7 Å². The molecule has 142 valence electrons. The average Bonchev–Trinajstić information content (AvgIpc) is 2.65. The summed E-state index contributed by atoms with van der Waals surface area (Å²) in [5.41, 5.74) is 7.33. The van der Waals surface area contributed by atoms with Gasteiger partial charge in [-0.3, -0.25) is 9.78 Å². The van der Waals surface area contributed by atoms with Crippen molar-refractivity contribution in [2.45, 2.75) is 33.1 Å². The van der Waals surface area contributed by atoms with E-state index in [1.807, 2.05) is 29.2 Å². The Morgan fingerprint density at radius 3 is 2.62 bits per heavy atom. The minimum atomic E-state index is 0.136. The lowest BCUT2D eigenvalue weighted by molar-refractivity contribution is -0.118. The van der Waals surface area contributed by atoms with Crippen LogP contribution >= 0.6 is 11.6 Å². The number of fused-ring (bicyclic) bond motifs is 1. The van der Waals surface area contributed by atoms with Gasteiger partial charge in [0, 0.05) is 36.1 Å². The number of nitrogens with two attached hydrogens (primary N) is 1. The Morgan fingerprint density at radius 2 is 1.92 bits per heavy atom. The van der Waals surface area contributed by atoms with Crippen molar-refractivity contribution in [1.29, 1.82) is 0 Å². The van der Waals surface area contributed by atoms with E-state index in [0.29, 0.717) is 24.5 Å². The molecule has 1 amide bonds. The fraction of sp³-hybridized carbons (Fsp3) is 0.500. The van der Waals surface area contributed by atoms with Crippen LogP contribution in [0.5, 0.6) is 0 Å². The van der Waals surface area contributed by atoms with Gasteiger partial charge in [-0.15, -0.1) is 0 Å². The van der Waals surface area contributed by atoms with Gasteiger partial charge in [0.1, 0.15) is 0 Å². The largest absolute Gasteiger partial charge is 0.330 e. The van der Waals surface area contributed by atoms with Gasteiger partial charge in [-0.2, -0.15) is 0 Å². The molecule has 0 fully saturated rings. The van der Waals surface area contributed by atoms with Crippen LogP contribution in [0.3, 0.4) is 0 Å². The Bertz CT molecular complexity index is 718. The first-order valence-electron chi connectivity index (χ1n) is 9.37. The molecule has 2 N–H and O–H groups in total. The molecular formula is C20H29ClN4O. The molecule has 0 bridgehead atoms. The standard InChI is InChI=1S/C20H29ClN4O/c1-3-24(4-2)14-10-20(26)25(13-6-5-11-22)19-9-12-23-18-15-16(21)7-8-17(18)19/h7-9,12,15H,3-6,10-11,13-14,22H2,1-2H3. The second-order valence-corrected chi connectivity index (χ2v) is 6.75. The zero-order valence-corrected chi connectivity index (χ0v) is 16.5. The number of amides is 1. The summed E-state index contributed by atoms with van der Waals surface area (Å²) < 4.78 is 0. The maximum atomic E-state index is 13.0. The minimum Gasteiger partial charge on any atom is -0.330 e. The quantitative estimate of drug-likeness (QED) is 0.642. The number of unbranched alkanes of at least 4 members (excludes halogenated alkanes) is 1. The summed E-state index contributed by atoms with van der Waals surface area (Å²) in [5.74, 6) is 0.136. The number of hydrogen-bond donors (Lipinski definition) is 1. The van der Waals surface area contributed by atoms with Crippen LogP contribution < -0.4 is 10.6 Å². The van der Waals surface area contributed by atoms with E-state index in [9.17, 15) is 4.79 Å². The SMILES string of the molecule is CCN(CC)CCC(=O)N(CCCCN)c1ccnc2cc(Cl)ccc12. The van der Waals surface area contributed by atoms with Crippen LogP contribution in [0.1, 0.15) is 33.1 Å². The first-order chi connectivity index (χ1) is 12.6.